The van der Waals surface area contributed by atoms with E-state index < -0.39 is 0 Å². The van der Waals surface area contributed by atoms with E-state index in [1.165, 1.54) is 6.42 Å². The summed E-state index contributed by atoms with van der Waals surface area (Å²) in [7, 11) is 0. The molecule has 0 heterocycles. The number of carbonyl (C=O) groups is 1. The summed E-state index contributed by atoms with van der Waals surface area (Å²) in [6.07, 6.45) is 6.21. The molecular formula is C18H22N2O. The van der Waals surface area contributed by atoms with Gasteiger partial charge in [0.25, 0.3) is 5.91 Å². The van der Waals surface area contributed by atoms with Gasteiger partial charge in [-0.1, -0.05) is 49.6 Å². The van der Waals surface area contributed by atoms with Gasteiger partial charge >= 0.3 is 0 Å². The molecule has 0 aromatic heterocycles. The Kier molecular flexibility index (Phi) is 5.16. The Hall–Kier alpha value is -2.08. The minimum atomic E-state index is -0.252. The van der Waals surface area contributed by atoms with E-state index >= 15 is 0 Å². The monoisotopic (exact) mass is 282 g/mol. The first-order chi connectivity index (χ1) is 10.1. The van der Waals surface area contributed by atoms with Crippen LogP contribution in [0.25, 0.3) is 6.08 Å². The lowest BCUT2D eigenvalue weighted by molar-refractivity contribution is -0.118. The van der Waals surface area contributed by atoms with E-state index in [0.29, 0.717) is 5.92 Å². The summed E-state index contributed by atoms with van der Waals surface area (Å²) in [4.78, 5) is 12.3. The SMILES string of the molecule is Cc1cccc(/C=C(\C#N)C(=O)N[C@@H]2CCCC[C@H]2C)c1. The molecule has 1 fully saturated rings. The predicted molar refractivity (Wildman–Crippen MR) is 84.3 cm³/mol. The molecule has 0 aliphatic heterocycles. The minimum Gasteiger partial charge on any atom is -0.348 e. The number of rotatable bonds is 3. The molecule has 1 amide bonds. The van der Waals surface area contributed by atoms with Gasteiger partial charge in [-0.05, 0) is 37.3 Å². The molecule has 2 atom stereocenters. The summed E-state index contributed by atoms with van der Waals surface area (Å²) in [5.41, 5.74) is 2.18. The van der Waals surface area contributed by atoms with E-state index in [4.69, 9.17) is 0 Å². The lowest BCUT2D eigenvalue weighted by Gasteiger charge is -2.29. The lowest BCUT2D eigenvalue weighted by Crippen LogP contribution is -2.41. The zero-order chi connectivity index (χ0) is 15.2. The van der Waals surface area contributed by atoms with Gasteiger partial charge in [0.05, 0.1) is 0 Å². The molecule has 1 saturated carbocycles. The maximum atomic E-state index is 12.3. The van der Waals surface area contributed by atoms with Gasteiger partial charge in [-0.3, -0.25) is 4.79 Å². The molecule has 1 aromatic rings. The Morgan fingerprint density at radius 1 is 1.38 bits per heavy atom. The van der Waals surface area contributed by atoms with Gasteiger partial charge in [0.15, 0.2) is 0 Å². The number of nitrogens with one attached hydrogen (secondary N) is 1. The predicted octanol–water partition coefficient (Wildman–Crippen LogP) is 3.60. The van der Waals surface area contributed by atoms with Crippen molar-refractivity contribution in [1.82, 2.24) is 5.32 Å². The van der Waals surface area contributed by atoms with Crippen LogP contribution < -0.4 is 5.32 Å². The Morgan fingerprint density at radius 2 is 2.14 bits per heavy atom. The molecule has 3 nitrogen and oxygen atoms in total. The van der Waals surface area contributed by atoms with E-state index in [0.717, 1.165) is 30.4 Å². The largest absolute Gasteiger partial charge is 0.348 e. The van der Waals surface area contributed by atoms with E-state index in [2.05, 4.69) is 12.2 Å². The third-order valence-corrected chi connectivity index (χ3v) is 4.15. The highest BCUT2D eigenvalue weighted by Crippen LogP contribution is 2.24. The van der Waals surface area contributed by atoms with Gasteiger partial charge in [0.1, 0.15) is 11.6 Å². The smallest absolute Gasteiger partial charge is 0.262 e. The number of aryl methyl sites for hydroxylation is 1. The molecular weight excluding hydrogens is 260 g/mol. The fraction of sp³-hybridized carbons (Fsp3) is 0.444. The van der Waals surface area contributed by atoms with Gasteiger partial charge in [-0.15, -0.1) is 0 Å². The zero-order valence-corrected chi connectivity index (χ0v) is 12.7. The number of carbonyl (C=O) groups excluding carboxylic acids is 1. The molecule has 21 heavy (non-hydrogen) atoms. The van der Waals surface area contributed by atoms with Gasteiger partial charge in [-0.25, -0.2) is 0 Å². The van der Waals surface area contributed by atoms with Crippen molar-refractivity contribution in [3.05, 3.63) is 41.0 Å². The molecule has 0 spiro atoms. The van der Waals surface area contributed by atoms with Crippen LogP contribution in [0.15, 0.2) is 29.8 Å². The van der Waals surface area contributed by atoms with E-state index in [1.807, 2.05) is 37.3 Å². The van der Waals surface area contributed by atoms with Crippen molar-refractivity contribution < 1.29 is 4.79 Å². The van der Waals surface area contributed by atoms with Crippen LogP contribution in [-0.2, 0) is 4.79 Å². The second kappa shape index (κ2) is 7.08. The van der Waals surface area contributed by atoms with Crippen molar-refractivity contribution >= 4 is 12.0 Å². The van der Waals surface area contributed by atoms with Gasteiger partial charge < -0.3 is 5.32 Å². The Bertz CT molecular complexity index is 583. The van der Waals surface area contributed by atoms with Gasteiger partial charge in [0.2, 0.25) is 0 Å². The van der Waals surface area contributed by atoms with Crippen LogP contribution in [0.1, 0.15) is 43.7 Å². The van der Waals surface area contributed by atoms with Crippen LogP contribution in [0.4, 0.5) is 0 Å². The fourth-order valence-electron chi connectivity index (χ4n) is 2.85. The van der Waals surface area contributed by atoms with Crippen LogP contribution >= 0.6 is 0 Å². The maximum Gasteiger partial charge on any atom is 0.262 e. The second-order valence-electron chi connectivity index (χ2n) is 5.93. The maximum absolute atomic E-state index is 12.3. The molecule has 0 saturated heterocycles. The summed E-state index contributed by atoms with van der Waals surface area (Å²) in [5, 5.41) is 12.3. The van der Waals surface area contributed by atoms with Crippen LogP contribution in [-0.4, -0.2) is 11.9 Å². The molecule has 3 heteroatoms. The number of nitriles is 1. The number of benzene rings is 1. The Labute approximate surface area is 126 Å². The van der Waals surface area contributed by atoms with Crippen LogP contribution in [0.5, 0.6) is 0 Å². The molecule has 2 rings (SSSR count). The van der Waals surface area contributed by atoms with Crippen LogP contribution in [0.2, 0.25) is 0 Å². The first kappa shape index (κ1) is 15.3. The van der Waals surface area contributed by atoms with Crippen molar-refractivity contribution in [3.63, 3.8) is 0 Å². The Morgan fingerprint density at radius 3 is 2.81 bits per heavy atom. The average Bonchev–Trinajstić information content (AvgIpc) is 2.47. The molecule has 0 bridgehead atoms. The molecule has 1 aliphatic carbocycles. The standard InChI is InChI=1S/C18H22N2O/c1-13-6-5-8-15(10-13)11-16(12-19)18(21)20-17-9-4-3-7-14(17)2/h5-6,8,10-11,14,17H,3-4,7,9H2,1-2H3,(H,20,21)/b16-11+/t14-,17-/m1/s1. The minimum absolute atomic E-state index is 0.179. The van der Waals surface area contributed by atoms with Crippen molar-refractivity contribution in [2.45, 2.75) is 45.6 Å². The highest BCUT2D eigenvalue weighted by Gasteiger charge is 2.23. The molecule has 110 valence electrons. The highest BCUT2D eigenvalue weighted by molar-refractivity contribution is 6.01. The molecule has 1 aliphatic rings. The quantitative estimate of drug-likeness (QED) is 0.680. The van der Waals surface area contributed by atoms with Crippen LogP contribution in [0, 0.1) is 24.2 Å². The van der Waals surface area contributed by atoms with Crippen LogP contribution in [0.3, 0.4) is 0 Å². The van der Waals surface area contributed by atoms with E-state index in [1.54, 1.807) is 6.08 Å². The van der Waals surface area contributed by atoms with E-state index in [-0.39, 0.29) is 17.5 Å². The summed E-state index contributed by atoms with van der Waals surface area (Å²) in [5.74, 6) is 0.236. The summed E-state index contributed by atoms with van der Waals surface area (Å²) in [6.45, 7) is 4.16. The second-order valence-corrected chi connectivity index (χ2v) is 5.93. The first-order valence-corrected chi connectivity index (χ1v) is 7.59. The number of hydrogen-bond acceptors (Lipinski definition) is 2. The topological polar surface area (TPSA) is 52.9 Å². The van der Waals surface area contributed by atoms with Crippen molar-refractivity contribution in [1.29, 1.82) is 5.26 Å². The Balaban J connectivity index is 2.10. The highest BCUT2D eigenvalue weighted by atomic mass is 16.1. The molecule has 0 unspecified atom stereocenters. The third-order valence-electron chi connectivity index (χ3n) is 4.15. The van der Waals surface area contributed by atoms with E-state index in [9.17, 15) is 10.1 Å². The number of amides is 1. The van der Waals surface area contributed by atoms with Crippen molar-refractivity contribution in [3.8, 4) is 6.07 Å². The number of nitrogens with zero attached hydrogens (tertiary/aromatic N) is 1. The average molecular weight is 282 g/mol. The zero-order valence-electron chi connectivity index (χ0n) is 12.7. The molecule has 1 aromatic carbocycles. The molecule has 0 radical (unpaired) electrons. The lowest BCUT2D eigenvalue weighted by atomic mass is 9.86. The molecule has 1 N–H and O–H groups in total. The third kappa shape index (κ3) is 4.19. The first-order valence-electron chi connectivity index (χ1n) is 7.59. The van der Waals surface area contributed by atoms with Gasteiger partial charge in [0, 0.05) is 6.04 Å². The fourth-order valence-corrected chi connectivity index (χ4v) is 2.85. The van der Waals surface area contributed by atoms with Crippen molar-refractivity contribution in [2.75, 3.05) is 0 Å². The van der Waals surface area contributed by atoms with Gasteiger partial charge in [-0.2, -0.15) is 5.26 Å². The summed E-state index contributed by atoms with van der Waals surface area (Å²) >= 11 is 0. The summed E-state index contributed by atoms with van der Waals surface area (Å²) in [6, 6.07) is 10.0. The normalized spacial score (nSPS) is 22.4. The number of hydrogen-bond donors (Lipinski definition) is 1. The van der Waals surface area contributed by atoms with Crippen molar-refractivity contribution in [2.24, 2.45) is 5.92 Å². The summed E-state index contributed by atoms with van der Waals surface area (Å²) < 4.78 is 0.